The third-order valence-corrected chi connectivity index (χ3v) is 5.97. The van der Waals surface area contributed by atoms with E-state index in [1.165, 1.54) is 5.56 Å². The van der Waals surface area contributed by atoms with Crippen molar-refractivity contribution >= 4 is 27.7 Å². The first-order chi connectivity index (χ1) is 14.8. The molecule has 3 heterocycles. The zero-order valence-electron chi connectivity index (χ0n) is 16.9. The van der Waals surface area contributed by atoms with Gasteiger partial charge in [0.15, 0.2) is 0 Å². The van der Waals surface area contributed by atoms with E-state index in [2.05, 4.69) is 52.0 Å². The van der Waals surface area contributed by atoms with E-state index in [9.17, 15) is 4.79 Å². The van der Waals surface area contributed by atoms with Crippen LogP contribution in [0.25, 0.3) is 21.8 Å². The van der Waals surface area contributed by atoms with Crippen LogP contribution in [-0.2, 0) is 12.8 Å². The van der Waals surface area contributed by atoms with Crippen molar-refractivity contribution in [2.75, 3.05) is 13.1 Å². The highest BCUT2D eigenvalue weighted by Crippen LogP contribution is 2.28. The van der Waals surface area contributed by atoms with Gasteiger partial charge in [-0.15, -0.1) is 0 Å². The topological polar surface area (TPSA) is 69.8 Å². The first kappa shape index (κ1) is 18.8. The Labute approximate surface area is 175 Å². The van der Waals surface area contributed by atoms with Gasteiger partial charge < -0.3 is 15.6 Å². The standard InChI is InChI=1S/C25H26N4O/c30-25(27-18-12-14-26-15-13-18)23-16-20-19-8-4-5-9-21(19)29-24(20)22(28-23)11-10-17-6-2-1-3-7-17/h1-9,16,18,26,29H,10-15H2,(H,27,30). The van der Waals surface area contributed by atoms with Gasteiger partial charge >= 0.3 is 0 Å². The van der Waals surface area contributed by atoms with Crippen molar-refractivity contribution in [1.29, 1.82) is 0 Å². The summed E-state index contributed by atoms with van der Waals surface area (Å²) >= 11 is 0. The van der Waals surface area contributed by atoms with Crippen LogP contribution in [0.3, 0.4) is 0 Å². The number of H-pyrrole nitrogens is 1. The van der Waals surface area contributed by atoms with E-state index in [0.717, 1.165) is 66.3 Å². The molecule has 1 aliphatic rings. The molecule has 0 saturated carbocycles. The van der Waals surface area contributed by atoms with Gasteiger partial charge in [0.05, 0.1) is 11.2 Å². The maximum absolute atomic E-state index is 13.0. The summed E-state index contributed by atoms with van der Waals surface area (Å²) in [4.78, 5) is 21.4. The highest BCUT2D eigenvalue weighted by molar-refractivity contribution is 6.10. The first-order valence-corrected chi connectivity index (χ1v) is 10.7. The molecule has 30 heavy (non-hydrogen) atoms. The number of hydrogen-bond donors (Lipinski definition) is 3. The normalized spacial score (nSPS) is 14.9. The van der Waals surface area contributed by atoms with Crippen molar-refractivity contribution in [3.63, 3.8) is 0 Å². The number of fused-ring (bicyclic) bond motifs is 3. The maximum atomic E-state index is 13.0. The number of nitrogens with one attached hydrogen (secondary N) is 3. The summed E-state index contributed by atoms with van der Waals surface area (Å²) in [5.41, 5.74) is 4.83. The van der Waals surface area contributed by atoms with Crippen LogP contribution in [0.15, 0.2) is 60.7 Å². The number of aromatic amines is 1. The molecule has 5 nitrogen and oxygen atoms in total. The smallest absolute Gasteiger partial charge is 0.270 e. The minimum Gasteiger partial charge on any atom is -0.353 e. The highest BCUT2D eigenvalue weighted by Gasteiger charge is 2.20. The molecule has 1 fully saturated rings. The molecule has 4 aromatic rings. The van der Waals surface area contributed by atoms with E-state index in [0.29, 0.717) is 5.69 Å². The van der Waals surface area contributed by atoms with Crippen molar-refractivity contribution in [2.45, 2.75) is 31.7 Å². The monoisotopic (exact) mass is 398 g/mol. The van der Waals surface area contributed by atoms with Gasteiger partial charge in [0.25, 0.3) is 5.91 Å². The summed E-state index contributed by atoms with van der Waals surface area (Å²) in [6, 6.07) is 20.8. The number of carbonyl (C=O) groups excluding carboxylic acids is 1. The Morgan fingerprint density at radius 1 is 0.967 bits per heavy atom. The number of aromatic nitrogens is 2. The summed E-state index contributed by atoms with van der Waals surface area (Å²) in [7, 11) is 0. The van der Waals surface area contributed by atoms with E-state index in [1.54, 1.807) is 0 Å². The van der Waals surface area contributed by atoms with E-state index < -0.39 is 0 Å². The molecule has 1 saturated heterocycles. The molecular weight excluding hydrogens is 372 g/mol. The van der Waals surface area contributed by atoms with Gasteiger partial charge in [-0.05, 0) is 56.5 Å². The fraction of sp³-hybridized carbons (Fsp3) is 0.280. The summed E-state index contributed by atoms with van der Waals surface area (Å²) in [6.45, 7) is 1.89. The van der Waals surface area contributed by atoms with E-state index in [1.807, 2.05) is 24.3 Å². The molecule has 1 aliphatic heterocycles. The summed E-state index contributed by atoms with van der Waals surface area (Å²) in [5, 5.41) is 8.73. The van der Waals surface area contributed by atoms with Crippen LogP contribution in [-0.4, -0.2) is 35.0 Å². The van der Waals surface area contributed by atoms with Crippen molar-refractivity contribution in [1.82, 2.24) is 20.6 Å². The van der Waals surface area contributed by atoms with Crippen LogP contribution in [0, 0.1) is 0 Å². The van der Waals surface area contributed by atoms with Gasteiger partial charge in [-0.3, -0.25) is 4.79 Å². The minimum absolute atomic E-state index is 0.0740. The number of aryl methyl sites for hydroxylation is 2. The molecule has 5 heteroatoms. The maximum Gasteiger partial charge on any atom is 0.270 e. The molecule has 0 unspecified atom stereocenters. The largest absolute Gasteiger partial charge is 0.353 e. The van der Waals surface area contributed by atoms with E-state index in [4.69, 9.17) is 4.98 Å². The number of piperidine rings is 1. The fourth-order valence-corrected chi connectivity index (χ4v) is 4.34. The average Bonchev–Trinajstić information content (AvgIpc) is 3.18. The van der Waals surface area contributed by atoms with Crippen molar-refractivity contribution in [3.8, 4) is 0 Å². The molecule has 1 amide bonds. The van der Waals surface area contributed by atoms with Crippen LogP contribution >= 0.6 is 0 Å². The van der Waals surface area contributed by atoms with E-state index >= 15 is 0 Å². The number of pyridine rings is 1. The Morgan fingerprint density at radius 2 is 1.73 bits per heavy atom. The van der Waals surface area contributed by atoms with Crippen molar-refractivity contribution in [3.05, 3.63) is 77.6 Å². The molecule has 5 rings (SSSR count). The van der Waals surface area contributed by atoms with E-state index in [-0.39, 0.29) is 11.9 Å². The number of hydrogen-bond acceptors (Lipinski definition) is 3. The van der Waals surface area contributed by atoms with Crippen LogP contribution in [0.2, 0.25) is 0 Å². The second-order valence-electron chi connectivity index (χ2n) is 8.03. The molecule has 0 atom stereocenters. The van der Waals surface area contributed by atoms with Gasteiger partial charge in [-0.1, -0.05) is 48.5 Å². The first-order valence-electron chi connectivity index (χ1n) is 10.7. The molecule has 152 valence electrons. The van der Waals surface area contributed by atoms with Crippen LogP contribution in [0.4, 0.5) is 0 Å². The van der Waals surface area contributed by atoms with Gasteiger partial charge in [-0.2, -0.15) is 0 Å². The summed E-state index contributed by atoms with van der Waals surface area (Å²) in [5.74, 6) is -0.0740. The van der Waals surface area contributed by atoms with Crippen LogP contribution in [0.1, 0.15) is 34.6 Å². The predicted molar refractivity (Wildman–Crippen MR) is 121 cm³/mol. The highest BCUT2D eigenvalue weighted by atomic mass is 16.1. The third-order valence-electron chi connectivity index (χ3n) is 5.97. The Hall–Kier alpha value is -3.18. The van der Waals surface area contributed by atoms with Crippen molar-refractivity contribution in [2.24, 2.45) is 0 Å². The van der Waals surface area contributed by atoms with Gasteiger partial charge in [-0.25, -0.2) is 4.98 Å². The fourth-order valence-electron chi connectivity index (χ4n) is 4.34. The SMILES string of the molecule is O=C(NC1CCNCC1)c1cc2c([nH]c3ccccc32)c(CCc2ccccc2)n1. The lowest BCUT2D eigenvalue weighted by Gasteiger charge is -2.23. The lowest BCUT2D eigenvalue weighted by Crippen LogP contribution is -2.43. The van der Waals surface area contributed by atoms with Crippen molar-refractivity contribution < 1.29 is 4.79 Å². The lowest BCUT2D eigenvalue weighted by molar-refractivity contribution is 0.0924. The molecule has 0 spiro atoms. The number of benzene rings is 2. The quantitative estimate of drug-likeness (QED) is 0.476. The zero-order chi connectivity index (χ0) is 20.3. The Morgan fingerprint density at radius 3 is 2.57 bits per heavy atom. The Balaban J connectivity index is 1.51. The minimum atomic E-state index is -0.0740. The second kappa shape index (κ2) is 8.28. The summed E-state index contributed by atoms with van der Waals surface area (Å²) in [6.07, 6.45) is 3.59. The second-order valence-corrected chi connectivity index (χ2v) is 8.03. The Bertz CT molecular complexity index is 1180. The average molecular weight is 399 g/mol. The summed E-state index contributed by atoms with van der Waals surface area (Å²) < 4.78 is 0. The predicted octanol–water partition coefficient (Wildman–Crippen LogP) is 3.98. The molecular formula is C25H26N4O. The van der Waals surface area contributed by atoms with Crippen LogP contribution in [0.5, 0.6) is 0 Å². The lowest BCUT2D eigenvalue weighted by atomic mass is 10.0. The molecule has 0 aliphatic carbocycles. The molecule has 0 radical (unpaired) electrons. The number of para-hydroxylation sites is 1. The third kappa shape index (κ3) is 3.81. The van der Waals surface area contributed by atoms with Gasteiger partial charge in [0, 0.05) is 22.3 Å². The molecule has 2 aromatic heterocycles. The molecule has 2 aromatic carbocycles. The van der Waals surface area contributed by atoms with Gasteiger partial charge in [0.2, 0.25) is 0 Å². The van der Waals surface area contributed by atoms with Crippen LogP contribution < -0.4 is 10.6 Å². The Kier molecular flexibility index (Phi) is 5.20. The van der Waals surface area contributed by atoms with Gasteiger partial charge in [0.1, 0.15) is 5.69 Å². The molecule has 0 bridgehead atoms. The number of amides is 1. The number of nitrogens with zero attached hydrogens (tertiary/aromatic N) is 1. The number of rotatable bonds is 5. The molecule has 3 N–H and O–H groups in total. The number of carbonyl (C=O) groups is 1. The zero-order valence-corrected chi connectivity index (χ0v) is 16.9.